The molecule has 1 unspecified atom stereocenters. The zero-order chi connectivity index (χ0) is 12.1. The highest BCUT2D eigenvalue weighted by atomic mass is 35.5. The summed E-state index contributed by atoms with van der Waals surface area (Å²) < 4.78 is 0. The van der Waals surface area contributed by atoms with E-state index in [4.69, 9.17) is 16.9 Å². The first kappa shape index (κ1) is 12.5. The molecule has 0 fully saturated rings. The zero-order valence-corrected chi connectivity index (χ0v) is 9.88. The summed E-state index contributed by atoms with van der Waals surface area (Å²) in [6.45, 7) is 3.54. The minimum Gasteiger partial charge on any atom is -0.349 e. The molecule has 0 saturated carbocycles. The summed E-state index contributed by atoms with van der Waals surface area (Å²) in [7, 11) is 0. The van der Waals surface area contributed by atoms with Crippen molar-refractivity contribution >= 4 is 17.5 Å². The normalized spacial score (nSPS) is 11.6. The maximum absolute atomic E-state index is 11.7. The van der Waals surface area contributed by atoms with Gasteiger partial charge in [-0.05, 0) is 26.0 Å². The fourth-order valence-electron chi connectivity index (χ4n) is 1.25. The SMILES string of the molecule is Cc1cc(C(=O)NC(C)CC#N)cc(Cl)n1. The topological polar surface area (TPSA) is 65.8 Å². The molecule has 0 aliphatic carbocycles. The number of hydrogen-bond acceptors (Lipinski definition) is 3. The Labute approximate surface area is 99.2 Å². The van der Waals surface area contributed by atoms with Crippen LogP contribution in [-0.2, 0) is 0 Å². The number of hydrogen-bond donors (Lipinski definition) is 1. The van der Waals surface area contributed by atoms with Crippen LogP contribution >= 0.6 is 11.6 Å². The van der Waals surface area contributed by atoms with Crippen LogP contribution in [0.4, 0.5) is 0 Å². The van der Waals surface area contributed by atoms with Gasteiger partial charge in [-0.25, -0.2) is 4.98 Å². The number of aryl methyl sites for hydroxylation is 1. The van der Waals surface area contributed by atoms with Crippen LogP contribution in [0, 0.1) is 18.3 Å². The van der Waals surface area contributed by atoms with Crippen LogP contribution in [0.1, 0.15) is 29.4 Å². The summed E-state index contributed by atoms with van der Waals surface area (Å²) in [5.74, 6) is -0.241. The van der Waals surface area contributed by atoms with Crippen molar-refractivity contribution in [3.8, 4) is 6.07 Å². The predicted molar refractivity (Wildman–Crippen MR) is 61.1 cm³/mol. The van der Waals surface area contributed by atoms with Gasteiger partial charge in [0.25, 0.3) is 5.91 Å². The van der Waals surface area contributed by atoms with Gasteiger partial charge in [0, 0.05) is 17.3 Å². The molecule has 0 aliphatic rings. The van der Waals surface area contributed by atoms with Crippen LogP contribution in [0.2, 0.25) is 5.15 Å². The molecule has 1 atom stereocenters. The Hall–Kier alpha value is -1.60. The molecular weight excluding hydrogens is 226 g/mol. The molecule has 1 aromatic rings. The van der Waals surface area contributed by atoms with E-state index in [1.165, 1.54) is 6.07 Å². The first-order valence-corrected chi connectivity index (χ1v) is 5.22. The lowest BCUT2D eigenvalue weighted by atomic mass is 10.2. The van der Waals surface area contributed by atoms with Gasteiger partial charge >= 0.3 is 0 Å². The molecule has 0 bridgehead atoms. The summed E-state index contributed by atoms with van der Waals surface area (Å²) in [4.78, 5) is 15.7. The number of pyridine rings is 1. The summed E-state index contributed by atoms with van der Waals surface area (Å²) >= 11 is 5.75. The Morgan fingerprint density at radius 2 is 2.38 bits per heavy atom. The first-order chi connectivity index (χ1) is 7.52. The van der Waals surface area contributed by atoms with Crippen molar-refractivity contribution in [2.45, 2.75) is 26.3 Å². The third kappa shape index (κ3) is 3.52. The number of amides is 1. The van der Waals surface area contributed by atoms with E-state index in [1.54, 1.807) is 19.9 Å². The molecule has 1 rings (SSSR count). The molecule has 0 aliphatic heterocycles. The summed E-state index contributed by atoms with van der Waals surface area (Å²) in [6.07, 6.45) is 0.281. The molecule has 16 heavy (non-hydrogen) atoms. The molecule has 4 nitrogen and oxygen atoms in total. The molecule has 1 amide bonds. The largest absolute Gasteiger partial charge is 0.349 e. The number of nitrogens with one attached hydrogen (secondary N) is 1. The third-order valence-electron chi connectivity index (χ3n) is 1.96. The highest BCUT2D eigenvalue weighted by molar-refractivity contribution is 6.29. The van der Waals surface area contributed by atoms with Gasteiger partial charge in [0.2, 0.25) is 0 Å². The minimum absolute atomic E-state index is 0.176. The number of nitrogens with zero attached hydrogens (tertiary/aromatic N) is 2. The third-order valence-corrected chi connectivity index (χ3v) is 2.15. The molecule has 0 saturated heterocycles. The lowest BCUT2D eigenvalue weighted by Crippen LogP contribution is -2.32. The molecule has 0 aromatic carbocycles. The molecule has 1 N–H and O–H groups in total. The number of halogens is 1. The highest BCUT2D eigenvalue weighted by Gasteiger charge is 2.10. The van der Waals surface area contributed by atoms with Crippen molar-refractivity contribution in [3.05, 3.63) is 28.5 Å². The second-order valence-electron chi connectivity index (χ2n) is 3.56. The number of rotatable bonds is 3. The Kier molecular flexibility index (Phi) is 4.27. The quantitative estimate of drug-likeness (QED) is 0.819. The van der Waals surface area contributed by atoms with Crippen molar-refractivity contribution in [1.29, 1.82) is 5.26 Å². The second kappa shape index (κ2) is 5.47. The van der Waals surface area contributed by atoms with Gasteiger partial charge in [0.1, 0.15) is 5.15 Å². The smallest absolute Gasteiger partial charge is 0.251 e. The van der Waals surface area contributed by atoms with Crippen molar-refractivity contribution in [2.24, 2.45) is 0 Å². The van der Waals surface area contributed by atoms with Crippen molar-refractivity contribution < 1.29 is 4.79 Å². The molecule has 0 spiro atoms. The number of aromatic nitrogens is 1. The van der Waals surface area contributed by atoms with Gasteiger partial charge in [0.15, 0.2) is 0 Å². The number of nitriles is 1. The number of carbonyl (C=O) groups excluding carboxylic acids is 1. The van der Waals surface area contributed by atoms with Crippen LogP contribution < -0.4 is 5.32 Å². The molecule has 84 valence electrons. The average Bonchev–Trinajstić information content (AvgIpc) is 2.16. The number of carbonyl (C=O) groups is 1. The van der Waals surface area contributed by atoms with E-state index in [2.05, 4.69) is 10.3 Å². The first-order valence-electron chi connectivity index (χ1n) is 4.85. The van der Waals surface area contributed by atoms with E-state index in [0.29, 0.717) is 11.3 Å². The minimum atomic E-state index is -0.241. The van der Waals surface area contributed by atoms with E-state index in [9.17, 15) is 4.79 Å². The van der Waals surface area contributed by atoms with Gasteiger partial charge in [-0.15, -0.1) is 0 Å². The van der Waals surface area contributed by atoms with Crippen LogP contribution in [0.15, 0.2) is 12.1 Å². The molecule has 5 heteroatoms. The molecule has 1 heterocycles. The zero-order valence-electron chi connectivity index (χ0n) is 9.12. The fourth-order valence-corrected chi connectivity index (χ4v) is 1.51. The van der Waals surface area contributed by atoms with Crippen LogP contribution in [0.25, 0.3) is 0 Å². The summed E-state index contributed by atoms with van der Waals surface area (Å²) in [5.41, 5.74) is 1.15. The van der Waals surface area contributed by atoms with Crippen LogP contribution in [-0.4, -0.2) is 16.9 Å². The van der Waals surface area contributed by atoms with E-state index >= 15 is 0 Å². The summed E-state index contributed by atoms with van der Waals surface area (Å²) in [5, 5.41) is 11.5. The Balaban J connectivity index is 2.77. The molecular formula is C11H12ClN3O. The van der Waals surface area contributed by atoms with Gasteiger partial charge in [-0.3, -0.25) is 4.79 Å². The van der Waals surface area contributed by atoms with Gasteiger partial charge < -0.3 is 5.32 Å². The Morgan fingerprint density at radius 3 is 2.94 bits per heavy atom. The van der Waals surface area contributed by atoms with Gasteiger partial charge in [-0.2, -0.15) is 5.26 Å². The van der Waals surface area contributed by atoms with E-state index in [0.717, 1.165) is 0 Å². The van der Waals surface area contributed by atoms with Crippen molar-refractivity contribution in [3.63, 3.8) is 0 Å². The van der Waals surface area contributed by atoms with Crippen molar-refractivity contribution in [1.82, 2.24) is 10.3 Å². The molecule has 1 aromatic heterocycles. The predicted octanol–water partition coefficient (Wildman–Crippen LogP) is 2.08. The maximum atomic E-state index is 11.7. The van der Waals surface area contributed by atoms with Crippen LogP contribution in [0.3, 0.4) is 0 Å². The second-order valence-corrected chi connectivity index (χ2v) is 3.94. The average molecular weight is 238 g/mol. The van der Waals surface area contributed by atoms with Gasteiger partial charge in [0.05, 0.1) is 12.5 Å². The lowest BCUT2D eigenvalue weighted by Gasteiger charge is -2.10. The lowest BCUT2D eigenvalue weighted by molar-refractivity contribution is 0.0940. The fraction of sp³-hybridized carbons (Fsp3) is 0.364. The van der Waals surface area contributed by atoms with Gasteiger partial charge in [-0.1, -0.05) is 11.6 Å². The monoisotopic (exact) mass is 237 g/mol. The van der Waals surface area contributed by atoms with E-state index in [-0.39, 0.29) is 23.5 Å². The van der Waals surface area contributed by atoms with Crippen LogP contribution in [0.5, 0.6) is 0 Å². The maximum Gasteiger partial charge on any atom is 0.251 e. The van der Waals surface area contributed by atoms with E-state index < -0.39 is 0 Å². The Morgan fingerprint density at radius 1 is 1.69 bits per heavy atom. The van der Waals surface area contributed by atoms with E-state index in [1.807, 2.05) is 6.07 Å². The molecule has 0 radical (unpaired) electrons. The standard InChI is InChI=1S/C11H12ClN3O/c1-7(3-4-13)15-11(16)9-5-8(2)14-10(12)6-9/h5-7H,3H2,1-2H3,(H,15,16). The van der Waals surface area contributed by atoms with Crippen molar-refractivity contribution in [2.75, 3.05) is 0 Å². The summed E-state index contributed by atoms with van der Waals surface area (Å²) in [6, 6.07) is 4.97. The Bertz CT molecular complexity index is 419. The highest BCUT2D eigenvalue weighted by Crippen LogP contribution is 2.10.